The van der Waals surface area contributed by atoms with Crippen LogP contribution in [0.3, 0.4) is 0 Å². The van der Waals surface area contributed by atoms with E-state index in [1.807, 2.05) is 0 Å². The number of carbonyl (C=O) groups excluding carboxylic acids is 2. The average molecular weight is 702 g/mol. The molecule has 5 fully saturated rings. The molecule has 6 heteroatoms. The molecule has 2 N–H and O–H groups in total. The van der Waals surface area contributed by atoms with Crippen LogP contribution in [0.2, 0.25) is 0 Å². The van der Waals surface area contributed by atoms with Crippen molar-refractivity contribution in [3.63, 3.8) is 0 Å². The summed E-state index contributed by atoms with van der Waals surface area (Å²) in [5.74, 6) is 1.38. The molecule has 1 aromatic carbocycles. The van der Waals surface area contributed by atoms with E-state index in [0.717, 1.165) is 44.1 Å². The lowest BCUT2D eigenvalue weighted by atomic mass is 9.32. The summed E-state index contributed by atoms with van der Waals surface area (Å²) in [7, 11) is 0. The molecule has 0 bridgehead atoms. The highest BCUT2D eigenvalue weighted by atomic mass is 16.5. The zero-order valence-corrected chi connectivity index (χ0v) is 33.3. The van der Waals surface area contributed by atoms with Gasteiger partial charge in [0, 0.05) is 18.4 Å². The third-order valence-corrected chi connectivity index (χ3v) is 16.7. The molecule has 0 spiro atoms. The topological polar surface area (TPSA) is 92.7 Å². The van der Waals surface area contributed by atoms with Gasteiger partial charge < -0.3 is 15.2 Å². The van der Waals surface area contributed by atoms with Crippen LogP contribution in [0.15, 0.2) is 36.4 Å². The molecule has 0 aromatic heterocycles. The summed E-state index contributed by atoms with van der Waals surface area (Å²) in [6.07, 6.45) is 11.5. The highest BCUT2D eigenvalue weighted by Gasteiger charge is 2.71. The van der Waals surface area contributed by atoms with Crippen LogP contribution in [-0.2, 0) is 25.7 Å². The van der Waals surface area contributed by atoms with Crippen LogP contribution in [0.1, 0.15) is 144 Å². The Hall–Kier alpha value is -2.63. The summed E-state index contributed by atoms with van der Waals surface area (Å²) >= 11 is 0. The van der Waals surface area contributed by atoms with Crippen LogP contribution < -0.4 is 5.32 Å². The first-order valence-electron chi connectivity index (χ1n) is 20.1. The van der Waals surface area contributed by atoms with Crippen LogP contribution in [0, 0.1) is 69.0 Å². The molecular formula is C45H67NO5. The summed E-state index contributed by atoms with van der Waals surface area (Å²) in [6.45, 7) is 25.1. The maximum atomic E-state index is 13.8. The normalized spacial score (nSPS) is 39.8. The van der Waals surface area contributed by atoms with Crippen LogP contribution in [-0.4, -0.2) is 29.1 Å². The highest BCUT2D eigenvalue weighted by Crippen LogP contribution is 2.78. The van der Waals surface area contributed by atoms with Crippen molar-refractivity contribution in [3.8, 4) is 0 Å². The predicted octanol–water partition coefficient (Wildman–Crippen LogP) is 10.1. The van der Waals surface area contributed by atoms with Gasteiger partial charge in [-0.2, -0.15) is 0 Å². The van der Waals surface area contributed by atoms with Crippen molar-refractivity contribution in [2.45, 2.75) is 152 Å². The number of esters is 1. The molecule has 5 aliphatic carbocycles. The third kappa shape index (κ3) is 6.20. The quantitative estimate of drug-likeness (QED) is 0.198. The number of aryl methyl sites for hydroxylation is 1. The summed E-state index contributed by atoms with van der Waals surface area (Å²) in [4.78, 5) is 38.6. The molecule has 5 saturated carbocycles. The Bertz CT molecular complexity index is 1560. The number of carboxylic acids is 1. The van der Waals surface area contributed by atoms with Crippen LogP contribution in [0.25, 0.3) is 0 Å². The summed E-state index contributed by atoms with van der Waals surface area (Å²) in [5, 5.41) is 12.9. The number of aliphatic carboxylic acids is 1. The molecule has 6 rings (SSSR count). The minimum Gasteiger partial charge on any atom is -0.481 e. The zero-order valence-electron chi connectivity index (χ0n) is 33.3. The van der Waals surface area contributed by atoms with Gasteiger partial charge in [0.15, 0.2) is 0 Å². The number of allylic oxidation sites excluding steroid dienone is 1. The fraction of sp³-hybridized carbons (Fsp3) is 0.756. The molecule has 10 atom stereocenters. The van der Waals surface area contributed by atoms with E-state index in [4.69, 9.17) is 4.74 Å². The molecule has 0 aliphatic heterocycles. The predicted molar refractivity (Wildman–Crippen MR) is 203 cm³/mol. The summed E-state index contributed by atoms with van der Waals surface area (Å²) in [5.41, 5.74) is 2.89. The second kappa shape index (κ2) is 13.0. The molecule has 1 amide bonds. The van der Waals surface area contributed by atoms with Crippen molar-refractivity contribution in [1.29, 1.82) is 0 Å². The zero-order chi connectivity index (χ0) is 37.4. The van der Waals surface area contributed by atoms with E-state index < -0.39 is 17.4 Å². The van der Waals surface area contributed by atoms with Gasteiger partial charge in [0.2, 0.25) is 5.91 Å². The molecule has 6 nitrogen and oxygen atoms in total. The van der Waals surface area contributed by atoms with Crippen LogP contribution in [0.4, 0.5) is 0 Å². The lowest BCUT2D eigenvalue weighted by molar-refractivity contribution is -0.250. The number of nitrogens with one attached hydrogen (secondary N) is 1. The largest absolute Gasteiger partial charge is 0.481 e. The first kappa shape index (κ1) is 38.1. The third-order valence-electron chi connectivity index (χ3n) is 16.7. The Morgan fingerprint density at radius 1 is 0.922 bits per heavy atom. The minimum atomic E-state index is -1.14. The molecule has 0 saturated heterocycles. The van der Waals surface area contributed by atoms with Gasteiger partial charge in [0.05, 0.1) is 11.8 Å². The number of carbonyl (C=O) groups is 3. The van der Waals surface area contributed by atoms with Crippen molar-refractivity contribution < 1.29 is 24.2 Å². The number of fused-ring (bicyclic) bond motifs is 7. The van der Waals surface area contributed by atoms with Crippen LogP contribution in [0.5, 0.6) is 0 Å². The van der Waals surface area contributed by atoms with E-state index in [1.54, 1.807) is 13.8 Å². The van der Waals surface area contributed by atoms with E-state index >= 15 is 0 Å². The molecule has 1 aromatic rings. The number of carboxylic acid groups (broad SMARTS) is 1. The first-order chi connectivity index (χ1) is 23.7. The molecule has 0 unspecified atom stereocenters. The first-order valence-corrected chi connectivity index (χ1v) is 20.1. The van der Waals surface area contributed by atoms with Gasteiger partial charge in [0.25, 0.3) is 0 Å². The number of benzene rings is 1. The van der Waals surface area contributed by atoms with E-state index in [2.05, 4.69) is 84.6 Å². The minimum absolute atomic E-state index is 0.0356. The Balaban J connectivity index is 1.22. The fourth-order valence-corrected chi connectivity index (χ4v) is 13.8. The molecule has 5 aliphatic rings. The number of hydrogen-bond donors (Lipinski definition) is 2. The van der Waals surface area contributed by atoms with Gasteiger partial charge in [0.1, 0.15) is 6.10 Å². The number of hydrogen-bond acceptors (Lipinski definition) is 4. The van der Waals surface area contributed by atoms with Crippen molar-refractivity contribution in [3.05, 3.63) is 47.5 Å². The van der Waals surface area contributed by atoms with Gasteiger partial charge in [-0.3, -0.25) is 14.4 Å². The van der Waals surface area contributed by atoms with E-state index in [-0.39, 0.29) is 45.5 Å². The summed E-state index contributed by atoms with van der Waals surface area (Å²) in [6, 6.07) is 8.44. The highest BCUT2D eigenvalue weighted by molar-refractivity contribution is 5.81. The van der Waals surface area contributed by atoms with Gasteiger partial charge in [-0.25, -0.2) is 0 Å². The number of amides is 1. The Morgan fingerprint density at radius 2 is 1.65 bits per heavy atom. The molecule has 0 heterocycles. The maximum Gasteiger partial charge on any atom is 0.309 e. The second-order valence-corrected chi connectivity index (χ2v) is 20.2. The van der Waals surface area contributed by atoms with Gasteiger partial charge >= 0.3 is 11.9 Å². The standard InChI is InChI=1S/C45H67NO5/c1-28(2)31-16-21-45(25-36(47)46-27-30-13-11-12-29(3)24-30)23-22-43(9)32(38(31)45)14-15-34-42(8)19-18-35(51-37(48)26-40(4,5)39(49)50)41(6,7)33(42)17-20-44(34,43)10/h11-13,24,31-35,38H,1,14-23,25-27H2,2-10H3,(H,46,47)(H,49,50)/t31-,32+,33-,34+,35-,38+,42-,43+,44+,45+/m0/s1. The van der Waals surface area contributed by atoms with Gasteiger partial charge in [-0.05, 0) is 149 Å². The molecule has 51 heavy (non-hydrogen) atoms. The Morgan fingerprint density at radius 3 is 2.31 bits per heavy atom. The monoisotopic (exact) mass is 702 g/mol. The second-order valence-electron chi connectivity index (χ2n) is 20.2. The molecule has 282 valence electrons. The fourth-order valence-electron chi connectivity index (χ4n) is 13.8. The Kier molecular flexibility index (Phi) is 9.75. The lowest BCUT2D eigenvalue weighted by Crippen LogP contribution is -2.67. The van der Waals surface area contributed by atoms with Crippen molar-refractivity contribution in [2.24, 2.45) is 62.1 Å². The van der Waals surface area contributed by atoms with Gasteiger partial charge in [-0.1, -0.05) is 76.6 Å². The van der Waals surface area contributed by atoms with E-state index in [9.17, 15) is 19.5 Å². The summed E-state index contributed by atoms with van der Waals surface area (Å²) < 4.78 is 6.18. The lowest BCUT2D eigenvalue weighted by Gasteiger charge is -2.73. The van der Waals surface area contributed by atoms with Crippen LogP contribution >= 0.6 is 0 Å². The average Bonchev–Trinajstić information content (AvgIpc) is 3.41. The SMILES string of the molecule is C=C(C)[C@@H]1CC[C@]2(CC(=O)NCc3cccc(C)c3)CC[C@]3(C)[C@H](CC[C@@H]4[C@@]5(C)CC[C@H](OC(=O)CC(C)(C)C(=O)O)C(C)(C)[C@@H]5CC[C@]43C)[C@@H]12. The molecular weight excluding hydrogens is 634 g/mol. The smallest absolute Gasteiger partial charge is 0.309 e. The molecule has 0 radical (unpaired) electrons. The van der Waals surface area contributed by atoms with Crippen molar-refractivity contribution >= 4 is 17.8 Å². The number of rotatable bonds is 9. The van der Waals surface area contributed by atoms with Crippen molar-refractivity contribution in [1.82, 2.24) is 5.32 Å². The number of ether oxygens (including phenoxy) is 1. The van der Waals surface area contributed by atoms with Crippen molar-refractivity contribution in [2.75, 3.05) is 0 Å². The maximum absolute atomic E-state index is 13.8. The van der Waals surface area contributed by atoms with E-state index in [0.29, 0.717) is 42.6 Å². The van der Waals surface area contributed by atoms with Gasteiger partial charge in [-0.15, -0.1) is 0 Å². The van der Waals surface area contributed by atoms with E-state index in [1.165, 1.54) is 36.8 Å². The Labute approximate surface area is 308 Å².